The van der Waals surface area contributed by atoms with Crippen LogP contribution < -0.4 is 14.6 Å². The molecule has 0 radical (unpaired) electrons. The Balaban J connectivity index is 1.16. The third kappa shape index (κ3) is 8.08. The number of hydrogen-bond acceptors (Lipinski definition) is 6. The van der Waals surface area contributed by atoms with Crippen LogP contribution in [-0.4, -0.2) is 71.1 Å². The lowest BCUT2D eigenvalue weighted by Gasteiger charge is -2.41. The van der Waals surface area contributed by atoms with Gasteiger partial charge < -0.3 is 28.5 Å². The number of benzene rings is 3. The lowest BCUT2D eigenvalue weighted by Crippen LogP contribution is -2.51. The molecule has 0 bridgehead atoms. The number of piperidine rings is 1. The maximum Gasteiger partial charge on any atom is 0.265 e. The lowest BCUT2D eigenvalue weighted by atomic mass is 9.89. The van der Waals surface area contributed by atoms with Crippen LogP contribution in [0.25, 0.3) is 16.8 Å². The maximum atomic E-state index is 15.6. The predicted molar refractivity (Wildman–Crippen MR) is 258 cm³/mol. The molecule has 6 heterocycles. The van der Waals surface area contributed by atoms with Gasteiger partial charge in [0.05, 0.1) is 22.5 Å². The Bertz CT molecular complexity index is 2780. The Morgan fingerprint density at radius 3 is 2.34 bits per heavy atom. The monoisotopic (exact) mass is 871 g/mol. The highest BCUT2D eigenvalue weighted by Gasteiger charge is 2.39. The summed E-state index contributed by atoms with van der Waals surface area (Å²) in [6.45, 7) is 18.1. The summed E-state index contributed by atoms with van der Waals surface area (Å²) in [4.78, 5) is 37.5. The van der Waals surface area contributed by atoms with Crippen LogP contribution in [0.5, 0.6) is 5.75 Å². The molecule has 0 unspecified atom stereocenters. The third-order valence-corrected chi connectivity index (χ3v) is 18.9. The molecular weight excluding hydrogens is 811 g/mol. The minimum atomic E-state index is -2.13. The molecule has 3 aromatic carbocycles. The number of anilines is 2. The number of aromatic nitrogens is 2. The van der Waals surface area contributed by atoms with E-state index < -0.39 is 8.32 Å². The van der Waals surface area contributed by atoms with Crippen LogP contribution in [0.4, 0.5) is 11.4 Å². The largest absolute Gasteiger partial charge is 0.544 e. The van der Waals surface area contributed by atoms with Gasteiger partial charge in [-0.15, -0.1) is 0 Å². The number of likely N-dealkylation sites (tertiary alicyclic amines) is 1. The second-order valence-corrected chi connectivity index (χ2v) is 24.3. The first-order valence-corrected chi connectivity index (χ1v) is 25.9. The third-order valence-electron chi connectivity index (χ3n) is 14.5. The number of pyridine rings is 1. The topological polar surface area (TPSA) is 98.3 Å². The smallest absolute Gasteiger partial charge is 0.265 e. The van der Waals surface area contributed by atoms with Gasteiger partial charge in [0, 0.05) is 61.4 Å². The first-order valence-electron chi connectivity index (χ1n) is 23.0. The van der Waals surface area contributed by atoms with E-state index >= 15 is 9.59 Å². The fraction of sp³-hybridized carbons (Fsp3) is 0.377. The second kappa shape index (κ2) is 17.2. The van der Waals surface area contributed by atoms with Crippen molar-refractivity contribution in [1.82, 2.24) is 24.1 Å². The number of carbonyl (C=O) groups excluding carboxylic acids is 2. The van der Waals surface area contributed by atoms with Crippen LogP contribution >= 0.6 is 0 Å². The van der Waals surface area contributed by atoms with E-state index in [-0.39, 0.29) is 22.9 Å². The van der Waals surface area contributed by atoms with Crippen molar-refractivity contribution in [3.63, 3.8) is 0 Å². The molecule has 10 nitrogen and oxygen atoms in total. The number of carbonyl (C=O) groups is 2. The summed E-state index contributed by atoms with van der Waals surface area (Å²) in [7, 11) is -0.274. The van der Waals surface area contributed by atoms with E-state index in [2.05, 4.69) is 95.8 Å². The summed E-state index contributed by atoms with van der Waals surface area (Å²) in [5.41, 5.74) is 10.9. The lowest BCUT2D eigenvalue weighted by molar-refractivity contribution is 0.0566. The van der Waals surface area contributed by atoms with E-state index in [0.29, 0.717) is 41.3 Å². The number of nitrogens with one attached hydrogen (secondary N) is 1. The van der Waals surface area contributed by atoms with Crippen molar-refractivity contribution in [1.29, 1.82) is 5.26 Å². The Hall–Kier alpha value is -5.93. The van der Waals surface area contributed by atoms with Gasteiger partial charge in [-0.05, 0) is 153 Å². The first kappa shape index (κ1) is 43.3. The van der Waals surface area contributed by atoms with Crippen LogP contribution in [0.1, 0.15) is 94.4 Å². The highest BCUT2D eigenvalue weighted by atomic mass is 28.4. The molecule has 6 aromatic rings. The Kier molecular flexibility index (Phi) is 11.7. The normalized spacial score (nSPS) is 16.8. The Labute approximate surface area is 379 Å². The van der Waals surface area contributed by atoms with Gasteiger partial charge in [0.15, 0.2) is 0 Å². The standard InChI is InChI=1S/C53H61N7O3Si/c1-36-49(30-42(32-54)56(36)5)60(41-18-20-44(21-19-41)63-64(6,7)53(2,3)4)52(62)47-31-50(58-26-14-11-17-48(47)58)45-28-38-22-23-55-33-40(38)29-46(45)51(61)59-34-39-16-10-9-15-37(39)27-43(59)35-57-24-12-8-13-25-57/h9-11,14-21,26,28-31,43,55H,8,12-13,22-25,27,33-35H2,1-7H3/t43-/m0/s1. The van der Waals surface area contributed by atoms with Gasteiger partial charge in [-0.2, -0.15) is 5.26 Å². The molecule has 1 fully saturated rings. The van der Waals surface area contributed by atoms with Gasteiger partial charge >= 0.3 is 0 Å². The highest BCUT2D eigenvalue weighted by Crippen LogP contribution is 2.41. The van der Waals surface area contributed by atoms with Crippen molar-refractivity contribution in [3.8, 4) is 23.1 Å². The van der Waals surface area contributed by atoms with Crippen molar-refractivity contribution < 1.29 is 14.0 Å². The summed E-state index contributed by atoms with van der Waals surface area (Å²) in [5.74, 6) is 0.539. The Morgan fingerprint density at radius 2 is 1.62 bits per heavy atom. The van der Waals surface area contributed by atoms with Crippen molar-refractivity contribution in [3.05, 3.63) is 142 Å². The van der Waals surface area contributed by atoms with Crippen LogP contribution in [0.3, 0.4) is 0 Å². The molecule has 0 aliphatic carbocycles. The minimum absolute atomic E-state index is 0.0178. The predicted octanol–water partition coefficient (Wildman–Crippen LogP) is 10.2. The van der Waals surface area contributed by atoms with Gasteiger partial charge in [0.25, 0.3) is 11.8 Å². The number of nitriles is 1. The Morgan fingerprint density at radius 1 is 0.891 bits per heavy atom. The average Bonchev–Trinajstić information content (AvgIpc) is 3.82. The molecule has 1 N–H and O–H groups in total. The van der Waals surface area contributed by atoms with E-state index in [0.717, 1.165) is 72.8 Å². The molecule has 0 saturated carbocycles. The molecule has 330 valence electrons. The molecule has 3 aromatic heterocycles. The number of amides is 2. The van der Waals surface area contributed by atoms with Gasteiger partial charge in [-0.25, -0.2) is 0 Å². The fourth-order valence-electron chi connectivity index (χ4n) is 9.65. The van der Waals surface area contributed by atoms with Crippen LogP contribution in [0.2, 0.25) is 18.1 Å². The SMILES string of the molecule is Cc1c(N(C(=O)c2cc(-c3cc4c(cc3C(=O)N3Cc5ccccc5C[C@H]3CN3CCCCC3)CNCC4)n3ccccc23)c2ccc(O[Si](C)(C)C(C)(C)C)cc2)cc(C#N)n1C. The minimum Gasteiger partial charge on any atom is -0.544 e. The number of nitrogens with zero attached hydrogens (tertiary/aromatic N) is 6. The molecule has 9 rings (SSSR count). The summed E-state index contributed by atoms with van der Waals surface area (Å²) in [6.07, 6.45) is 7.30. The fourth-order valence-corrected chi connectivity index (χ4v) is 10.7. The molecule has 1 saturated heterocycles. The molecule has 3 aliphatic rings. The van der Waals surface area contributed by atoms with E-state index in [1.165, 1.54) is 36.0 Å². The van der Waals surface area contributed by atoms with Gasteiger partial charge in [-0.3, -0.25) is 14.5 Å². The number of rotatable bonds is 9. The summed E-state index contributed by atoms with van der Waals surface area (Å²) in [5, 5.41) is 13.7. The van der Waals surface area contributed by atoms with Crippen LogP contribution in [0.15, 0.2) is 97.2 Å². The zero-order chi connectivity index (χ0) is 44.9. The molecule has 11 heteroatoms. The van der Waals surface area contributed by atoms with Crippen LogP contribution in [-0.2, 0) is 33.0 Å². The number of hydrogen-bond donors (Lipinski definition) is 1. The quantitative estimate of drug-likeness (QED) is 0.145. The number of fused-ring (bicyclic) bond motifs is 3. The first-order chi connectivity index (χ1) is 30.7. The maximum absolute atomic E-state index is 15.6. The van der Waals surface area contributed by atoms with E-state index in [9.17, 15) is 5.26 Å². The zero-order valence-electron chi connectivity index (χ0n) is 38.5. The van der Waals surface area contributed by atoms with Crippen LogP contribution in [0, 0.1) is 18.3 Å². The van der Waals surface area contributed by atoms with E-state index in [1.54, 1.807) is 11.0 Å². The molecule has 0 spiro atoms. The van der Waals surface area contributed by atoms with Gasteiger partial charge in [-0.1, -0.05) is 57.5 Å². The van der Waals surface area contributed by atoms with Crippen molar-refractivity contribution in [2.75, 3.05) is 31.1 Å². The molecule has 2 amide bonds. The van der Waals surface area contributed by atoms with Crippen molar-refractivity contribution in [2.24, 2.45) is 7.05 Å². The van der Waals surface area contributed by atoms with Gasteiger partial charge in [0.2, 0.25) is 8.32 Å². The van der Waals surface area contributed by atoms with Crippen molar-refractivity contribution >= 4 is 37.0 Å². The average molecular weight is 872 g/mol. The summed E-state index contributed by atoms with van der Waals surface area (Å²) >= 11 is 0. The highest BCUT2D eigenvalue weighted by molar-refractivity contribution is 6.74. The summed E-state index contributed by atoms with van der Waals surface area (Å²) < 4.78 is 10.5. The molecule has 64 heavy (non-hydrogen) atoms. The van der Waals surface area contributed by atoms with Crippen molar-refractivity contribution in [2.45, 2.75) is 97.1 Å². The zero-order valence-corrected chi connectivity index (χ0v) is 39.5. The van der Waals surface area contributed by atoms with E-state index in [1.807, 2.05) is 73.3 Å². The van der Waals surface area contributed by atoms with E-state index in [4.69, 9.17) is 4.43 Å². The molecule has 3 aliphatic heterocycles. The molecule has 1 atom stereocenters. The summed E-state index contributed by atoms with van der Waals surface area (Å²) in [6, 6.07) is 32.7. The second-order valence-electron chi connectivity index (χ2n) is 19.6. The molecular formula is C53H61N7O3Si. The van der Waals surface area contributed by atoms with Gasteiger partial charge in [0.1, 0.15) is 17.5 Å².